The fourth-order valence-electron chi connectivity index (χ4n) is 1.16. The summed E-state index contributed by atoms with van der Waals surface area (Å²) in [5.74, 6) is 0. The summed E-state index contributed by atoms with van der Waals surface area (Å²) in [6.07, 6.45) is 2.29. The molecule has 4 nitrogen and oxygen atoms in total. The van der Waals surface area contributed by atoms with Crippen LogP contribution in [0.5, 0.6) is 0 Å². The van der Waals surface area contributed by atoms with Crippen molar-refractivity contribution in [2.24, 2.45) is 5.73 Å². The maximum absolute atomic E-state index is 5.78. The van der Waals surface area contributed by atoms with Crippen molar-refractivity contribution in [3.8, 4) is 0 Å². The van der Waals surface area contributed by atoms with Crippen molar-refractivity contribution >= 4 is 0 Å². The van der Waals surface area contributed by atoms with Gasteiger partial charge in [-0.1, -0.05) is 0 Å². The number of methoxy groups -OCH3 is 1. The third-order valence-corrected chi connectivity index (χ3v) is 1.71. The van der Waals surface area contributed by atoms with Crippen LogP contribution in [0.3, 0.4) is 0 Å². The van der Waals surface area contributed by atoms with E-state index in [0.29, 0.717) is 6.61 Å². The second-order valence-corrected chi connectivity index (χ2v) is 3.07. The Labute approximate surface area is 78.1 Å². The van der Waals surface area contributed by atoms with Crippen molar-refractivity contribution in [3.05, 3.63) is 23.8 Å². The summed E-state index contributed by atoms with van der Waals surface area (Å²) >= 11 is 0. The normalized spacial score (nSPS) is 12.8. The minimum absolute atomic E-state index is 0.0132. The first-order valence-corrected chi connectivity index (χ1v) is 4.24. The summed E-state index contributed by atoms with van der Waals surface area (Å²) in [5, 5.41) is 0. The molecule has 72 valence electrons. The van der Waals surface area contributed by atoms with Gasteiger partial charge in [-0.2, -0.15) is 0 Å². The third kappa shape index (κ3) is 3.48. The largest absolute Gasteiger partial charge is 0.383 e. The van der Waals surface area contributed by atoms with Gasteiger partial charge in [0.25, 0.3) is 0 Å². The van der Waals surface area contributed by atoms with Gasteiger partial charge in [-0.25, -0.2) is 9.97 Å². The number of nitrogens with zero attached hydrogens (tertiary/aromatic N) is 2. The molecule has 4 heteroatoms. The van der Waals surface area contributed by atoms with Gasteiger partial charge in [0.05, 0.1) is 6.61 Å². The number of hydrogen-bond donors (Lipinski definition) is 1. The Morgan fingerprint density at radius 3 is 2.92 bits per heavy atom. The lowest BCUT2D eigenvalue weighted by atomic mass is 10.1. The average molecular weight is 181 g/mol. The predicted molar refractivity (Wildman–Crippen MR) is 50.3 cm³/mol. The van der Waals surface area contributed by atoms with E-state index >= 15 is 0 Å². The highest BCUT2D eigenvalue weighted by Gasteiger charge is 2.04. The van der Waals surface area contributed by atoms with E-state index < -0.39 is 0 Å². The maximum atomic E-state index is 5.78. The van der Waals surface area contributed by atoms with Crippen molar-refractivity contribution in [2.45, 2.75) is 19.4 Å². The van der Waals surface area contributed by atoms with Gasteiger partial charge in [0.2, 0.25) is 0 Å². The SMILES string of the molecule is COCC(N)Cc1cc(C)ncn1. The van der Waals surface area contributed by atoms with Gasteiger partial charge in [0, 0.05) is 31.0 Å². The van der Waals surface area contributed by atoms with Crippen LogP contribution in [0.15, 0.2) is 12.4 Å². The molecule has 0 aliphatic rings. The van der Waals surface area contributed by atoms with Crippen molar-refractivity contribution in [2.75, 3.05) is 13.7 Å². The molecule has 0 aliphatic heterocycles. The molecule has 1 aromatic heterocycles. The third-order valence-electron chi connectivity index (χ3n) is 1.71. The minimum Gasteiger partial charge on any atom is -0.383 e. The average Bonchev–Trinajstić information content (AvgIpc) is 2.04. The van der Waals surface area contributed by atoms with Crippen LogP contribution >= 0.6 is 0 Å². The molecule has 13 heavy (non-hydrogen) atoms. The molecule has 1 rings (SSSR count). The molecule has 0 bridgehead atoms. The smallest absolute Gasteiger partial charge is 0.115 e. The van der Waals surface area contributed by atoms with E-state index in [9.17, 15) is 0 Å². The Balaban J connectivity index is 2.53. The van der Waals surface area contributed by atoms with Gasteiger partial charge in [0.15, 0.2) is 0 Å². The number of nitrogens with two attached hydrogens (primary N) is 1. The maximum Gasteiger partial charge on any atom is 0.115 e. The zero-order valence-corrected chi connectivity index (χ0v) is 8.03. The monoisotopic (exact) mass is 181 g/mol. The van der Waals surface area contributed by atoms with Crippen molar-refractivity contribution in [1.82, 2.24) is 9.97 Å². The number of rotatable bonds is 4. The standard InChI is InChI=1S/C9H15N3O/c1-7-3-9(12-6-11-7)4-8(10)5-13-2/h3,6,8H,4-5,10H2,1-2H3. The van der Waals surface area contributed by atoms with Crippen LogP contribution in [0.25, 0.3) is 0 Å². The Bertz CT molecular complexity index is 265. The summed E-state index contributed by atoms with van der Waals surface area (Å²) in [5.41, 5.74) is 7.72. The predicted octanol–water partition coefficient (Wildman–Crippen LogP) is 0.301. The summed E-state index contributed by atoms with van der Waals surface area (Å²) < 4.78 is 4.94. The molecule has 0 aliphatic carbocycles. The van der Waals surface area contributed by atoms with Crippen LogP contribution in [0.4, 0.5) is 0 Å². The fraction of sp³-hybridized carbons (Fsp3) is 0.556. The summed E-state index contributed by atoms with van der Waals surface area (Å²) in [6.45, 7) is 2.50. The summed E-state index contributed by atoms with van der Waals surface area (Å²) in [6, 6.07) is 1.95. The van der Waals surface area contributed by atoms with Gasteiger partial charge in [-0.15, -0.1) is 0 Å². The first kappa shape index (κ1) is 10.1. The van der Waals surface area contributed by atoms with Crippen molar-refractivity contribution in [1.29, 1.82) is 0 Å². The van der Waals surface area contributed by atoms with E-state index in [0.717, 1.165) is 17.8 Å². The van der Waals surface area contributed by atoms with E-state index in [1.807, 2.05) is 13.0 Å². The van der Waals surface area contributed by atoms with Gasteiger partial charge in [-0.05, 0) is 13.0 Å². The highest BCUT2D eigenvalue weighted by atomic mass is 16.5. The molecule has 0 saturated carbocycles. The zero-order valence-electron chi connectivity index (χ0n) is 8.03. The lowest BCUT2D eigenvalue weighted by molar-refractivity contribution is 0.179. The molecule has 0 amide bonds. The molecular weight excluding hydrogens is 166 g/mol. The fourth-order valence-corrected chi connectivity index (χ4v) is 1.16. The number of hydrogen-bond acceptors (Lipinski definition) is 4. The molecule has 1 aromatic rings. The molecule has 2 N–H and O–H groups in total. The first-order chi connectivity index (χ1) is 6.22. The topological polar surface area (TPSA) is 61.0 Å². The molecule has 0 radical (unpaired) electrons. The van der Waals surface area contributed by atoms with Gasteiger partial charge < -0.3 is 10.5 Å². The molecule has 1 heterocycles. The highest BCUT2D eigenvalue weighted by Crippen LogP contribution is 1.99. The molecule has 0 spiro atoms. The summed E-state index contributed by atoms with van der Waals surface area (Å²) in [7, 11) is 1.64. The highest BCUT2D eigenvalue weighted by molar-refractivity contribution is 5.07. The lowest BCUT2D eigenvalue weighted by Gasteiger charge is -2.09. The van der Waals surface area contributed by atoms with Crippen LogP contribution in [0, 0.1) is 6.92 Å². The molecule has 1 atom stereocenters. The Morgan fingerprint density at radius 1 is 1.54 bits per heavy atom. The van der Waals surface area contributed by atoms with E-state index in [-0.39, 0.29) is 6.04 Å². The second-order valence-electron chi connectivity index (χ2n) is 3.07. The van der Waals surface area contributed by atoms with Gasteiger partial charge >= 0.3 is 0 Å². The number of aryl methyl sites for hydroxylation is 1. The first-order valence-electron chi connectivity index (χ1n) is 4.24. The molecule has 0 saturated heterocycles. The molecule has 1 unspecified atom stereocenters. The zero-order chi connectivity index (χ0) is 9.68. The second kappa shape index (κ2) is 4.89. The van der Waals surface area contributed by atoms with E-state index in [4.69, 9.17) is 10.5 Å². The van der Waals surface area contributed by atoms with E-state index in [2.05, 4.69) is 9.97 Å². The summed E-state index contributed by atoms with van der Waals surface area (Å²) in [4.78, 5) is 8.13. The lowest BCUT2D eigenvalue weighted by Crippen LogP contribution is -2.28. The molecular formula is C9H15N3O. The Hall–Kier alpha value is -1.00. The van der Waals surface area contributed by atoms with Gasteiger partial charge in [-0.3, -0.25) is 0 Å². The van der Waals surface area contributed by atoms with Crippen LogP contribution in [-0.2, 0) is 11.2 Å². The Morgan fingerprint density at radius 2 is 2.31 bits per heavy atom. The quantitative estimate of drug-likeness (QED) is 0.725. The molecule has 0 aromatic carbocycles. The minimum atomic E-state index is 0.0132. The van der Waals surface area contributed by atoms with Crippen molar-refractivity contribution in [3.63, 3.8) is 0 Å². The Kier molecular flexibility index (Phi) is 3.79. The van der Waals surface area contributed by atoms with Crippen molar-refractivity contribution < 1.29 is 4.74 Å². The number of ether oxygens (including phenoxy) is 1. The number of aromatic nitrogens is 2. The van der Waals surface area contributed by atoms with Crippen LogP contribution in [-0.4, -0.2) is 29.7 Å². The van der Waals surface area contributed by atoms with E-state index in [1.54, 1.807) is 13.4 Å². The van der Waals surface area contributed by atoms with Gasteiger partial charge in [0.1, 0.15) is 6.33 Å². The van der Waals surface area contributed by atoms with Crippen LogP contribution < -0.4 is 5.73 Å². The molecule has 0 fully saturated rings. The van der Waals surface area contributed by atoms with E-state index in [1.165, 1.54) is 0 Å². The van der Waals surface area contributed by atoms with Crippen LogP contribution in [0.1, 0.15) is 11.4 Å². The van der Waals surface area contributed by atoms with Crippen LogP contribution in [0.2, 0.25) is 0 Å².